The van der Waals surface area contributed by atoms with Crippen LogP contribution in [0.5, 0.6) is 5.75 Å². The third-order valence-corrected chi connectivity index (χ3v) is 4.64. The average molecular weight is 398 g/mol. The Balaban J connectivity index is 1.98. The van der Waals surface area contributed by atoms with Crippen LogP contribution in [0.2, 0.25) is 0 Å². The lowest BCUT2D eigenvalue weighted by Gasteiger charge is -2.17. The molecule has 2 aromatic rings. The Bertz CT molecular complexity index is 845. The van der Waals surface area contributed by atoms with Gasteiger partial charge in [-0.1, -0.05) is 39.3 Å². The first-order valence-electron chi connectivity index (χ1n) is 10.2. The third-order valence-electron chi connectivity index (χ3n) is 4.64. The zero-order valence-electron chi connectivity index (χ0n) is 18.0. The highest BCUT2D eigenvalue weighted by atomic mass is 16.5. The molecule has 0 aliphatic rings. The standard InChI is InChI=1S/C24H31NO4/c1-6-7-13-28-24(27)19-9-8-10-20(15-19)25-23(26)18(5)29-21-11-12-22(16(2)3)17(4)14-21/h8-12,14-16,18H,6-7,13H2,1-5H3,(H,25,26). The van der Waals surface area contributed by atoms with Gasteiger partial charge in [0.25, 0.3) is 5.91 Å². The van der Waals surface area contributed by atoms with Crippen LogP contribution >= 0.6 is 0 Å². The van der Waals surface area contributed by atoms with Crippen molar-refractivity contribution in [2.45, 2.75) is 59.5 Å². The van der Waals surface area contributed by atoms with E-state index in [1.807, 2.05) is 32.0 Å². The molecule has 2 rings (SSSR count). The molecule has 0 fully saturated rings. The molecule has 5 nitrogen and oxygen atoms in total. The predicted molar refractivity (Wildman–Crippen MR) is 116 cm³/mol. The summed E-state index contributed by atoms with van der Waals surface area (Å²) in [6.07, 6.45) is 1.11. The lowest BCUT2D eigenvalue weighted by atomic mass is 9.98. The molecule has 0 bridgehead atoms. The number of hydrogen-bond acceptors (Lipinski definition) is 4. The molecule has 5 heteroatoms. The van der Waals surface area contributed by atoms with Crippen molar-refractivity contribution in [2.75, 3.05) is 11.9 Å². The fourth-order valence-electron chi connectivity index (χ4n) is 2.99. The summed E-state index contributed by atoms with van der Waals surface area (Å²) in [6.45, 7) is 10.5. The zero-order chi connectivity index (χ0) is 21.4. The molecule has 1 amide bonds. The van der Waals surface area contributed by atoms with Crippen LogP contribution in [-0.2, 0) is 9.53 Å². The van der Waals surface area contributed by atoms with E-state index in [-0.39, 0.29) is 11.9 Å². The molecule has 0 aliphatic carbocycles. The Morgan fingerprint density at radius 1 is 1.07 bits per heavy atom. The van der Waals surface area contributed by atoms with Crippen molar-refractivity contribution in [3.63, 3.8) is 0 Å². The van der Waals surface area contributed by atoms with Gasteiger partial charge < -0.3 is 14.8 Å². The Labute approximate surface area is 173 Å². The summed E-state index contributed by atoms with van der Waals surface area (Å²) in [5.74, 6) is 0.417. The van der Waals surface area contributed by atoms with Crippen molar-refractivity contribution in [3.8, 4) is 5.75 Å². The van der Waals surface area contributed by atoms with Crippen molar-refractivity contribution in [1.82, 2.24) is 0 Å². The Hall–Kier alpha value is -2.82. The number of ether oxygens (including phenoxy) is 2. The van der Waals surface area contributed by atoms with Crippen molar-refractivity contribution in [1.29, 1.82) is 0 Å². The van der Waals surface area contributed by atoms with E-state index in [0.717, 1.165) is 18.4 Å². The molecule has 0 saturated heterocycles. The molecule has 0 radical (unpaired) electrons. The molecule has 1 atom stereocenters. The number of nitrogens with one attached hydrogen (secondary N) is 1. The number of hydrogen-bond donors (Lipinski definition) is 1. The first-order chi connectivity index (χ1) is 13.8. The average Bonchev–Trinajstić information content (AvgIpc) is 2.68. The first-order valence-corrected chi connectivity index (χ1v) is 10.2. The molecule has 156 valence electrons. The van der Waals surface area contributed by atoms with E-state index in [0.29, 0.717) is 29.5 Å². The number of carbonyl (C=O) groups excluding carboxylic acids is 2. The molecule has 0 heterocycles. The molecular formula is C24H31NO4. The monoisotopic (exact) mass is 397 g/mol. The van der Waals surface area contributed by atoms with Gasteiger partial charge >= 0.3 is 5.97 Å². The Kier molecular flexibility index (Phi) is 8.25. The van der Waals surface area contributed by atoms with E-state index < -0.39 is 6.10 Å². The summed E-state index contributed by atoms with van der Waals surface area (Å²) in [5.41, 5.74) is 3.34. The molecule has 2 aromatic carbocycles. The van der Waals surface area contributed by atoms with Crippen LogP contribution in [0.3, 0.4) is 0 Å². The maximum Gasteiger partial charge on any atom is 0.338 e. The second kappa shape index (κ2) is 10.6. The highest BCUT2D eigenvalue weighted by molar-refractivity contribution is 5.96. The molecule has 1 unspecified atom stereocenters. The molecule has 0 spiro atoms. The predicted octanol–water partition coefficient (Wildman–Crippen LogP) is 5.48. The smallest absolute Gasteiger partial charge is 0.338 e. The van der Waals surface area contributed by atoms with Crippen molar-refractivity contribution in [2.24, 2.45) is 0 Å². The van der Waals surface area contributed by atoms with Crippen molar-refractivity contribution < 1.29 is 19.1 Å². The van der Waals surface area contributed by atoms with Gasteiger partial charge in [-0.3, -0.25) is 4.79 Å². The van der Waals surface area contributed by atoms with Crippen LogP contribution < -0.4 is 10.1 Å². The first kappa shape index (κ1) is 22.5. The SMILES string of the molecule is CCCCOC(=O)c1cccc(NC(=O)C(C)Oc2ccc(C(C)C)c(C)c2)c1. The third kappa shape index (κ3) is 6.63. The summed E-state index contributed by atoms with van der Waals surface area (Å²) in [4.78, 5) is 24.6. The molecule has 0 saturated carbocycles. The van der Waals surface area contributed by atoms with E-state index in [1.54, 1.807) is 31.2 Å². The van der Waals surface area contributed by atoms with Crippen molar-refractivity contribution >= 4 is 17.6 Å². The van der Waals surface area contributed by atoms with Crippen LogP contribution in [0.1, 0.15) is 67.9 Å². The normalized spacial score (nSPS) is 11.8. The minimum absolute atomic E-state index is 0.285. The number of carbonyl (C=O) groups is 2. The van der Waals surface area contributed by atoms with Gasteiger partial charge in [0.2, 0.25) is 0 Å². The summed E-state index contributed by atoms with van der Waals surface area (Å²) in [7, 11) is 0. The van der Waals surface area contributed by atoms with Crippen LogP contribution in [0.15, 0.2) is 42.5 Å². The van der Waals surface area contributed by atoms with Gasteiger partial charge in [0, 0.05) is 5.69 Å². The van der Waals surface area contributed by atoms with E-state index in [1.165, 1.54) is 5.56 Å². The van der Waals surface area contributed by atoms with E-state index in [2.05, 4.69) is 19.2 Å². The summed E-state index contributed by atoms with van der Waals surface area (Å²) in [6, 6.07) is 12.6. The second-order valence-corrected chi connectivity index (χ2v) is 7.49. The van der Waals surface area contributed by atoms with Crippen molar-refractivity contribution in [3.05, 3.63) is 59.2 Å². The lowest BCUT2D eigenvalue weighted by molar-refractivity contribution is -0.122. The van der Waals surface area contributed by atoms with E-state index >= 15 is 0 Å². The number of benzene rings is 2. The van der Waals surface area contributed by atoms with Gasteiger partial charge in [-0.05, 0) is 67.6 Å². The molecule has 0 aliphatic heterocycles. The van der Waals surface area contributed by atoms with Gasteiger partial charge in [-0.2, -0.15) is 0 Å². The minimum atomic E-state index is -0.681. The van der Waals surface area contributed by atoms with Crippen LogP contribution in [0, 0.1) is 6.92 Å². The number of anilines is 1. The maximum absolute atomic E-state index is 12.5. The van der Waals surface area contributed by atoms with Gasteiger partial charge in [0.05, 0.1) is 12.2 Å². The van der Waals surface area contributed by atoms with Crippen LogP contribution in [0.25, 0.3) is 0 Å². The highest BCUT2D eigenvalue weighted by Gasteiger charge is 2.17. The minimum Gasteiger partial charge on any atom is -0.481 e. The number of rotatable bonds is 9. The number of amides is 1. The topological polar surface area (TPSA) is 64.6 Å². The highest BCUT2D eigenvalue weighted by Crippen LogP contribution is 2.24. The van der Waals surface area contributed by atoms with Gasteiger partial charge in [0.1, 0.15) is 5.75 Å². The number of aryl methyl sites for hydroxylation is 1. The molecule has 29 heavy (non-hydrogen) atoms. The lowest BCUT2D eigenvalue weighted by Crippen LogP contribution is -2.30. The summed E-state index contributed by atoms with van der Waals surface area (Å²) < 4.78 is 11.0. The molecule has 1 N–H and O–H groups in total. The maximum atomic E-state index is 12.5. The van der Waals surface area contributed by atoms with Gasteiger partial charge in [-0.15, -0.1) is 0 Å². The van der Waals surface area contributed by atoms with Gasteiger partial charge in [-0.25, -0.2) is 4.79 Å². The Morgan fingerprint density at radius 3 is 2.48 bits per heavy atom. The van der Waals surface area contributed by atoms with Gasteiger partial charge in [0.15, 0.2) is 6.10 Å². The number of unbranched alkanes of at least 4 members (excludes halogenated alkanes) is 1. The largest absolute Gasteiger partial charge is 0.481 e. The molecular weight excluding hydrogens is 366 g/mol. The quantitative estimate of drug-likeness (QED) is 0.449. The fourth-order valence-corrected chi connectivity index (χ4v) is 2.99. The fraction of sp³-hybridized carbons (Fsp3) is 0.417. The second-order valence-electron chi connectivity index (χ2n) is 7.49. The number of esters is 1. The summed E-state index contributed by atoms with van der Waals surface area (Å²) in [5, 5.41) is 2.80. The van der Waals surface area contributed by atoms with E-state index in [4.69, 9.17) is 9.47 Å². The summed E-state index contributed by atoms with van der Waals surface area (Å²) >= 11 is 0. The van der Waals surface area contributed by atoms with Crippen LogP contribution in [0.4, 0.5) is 5.69 Å². The molecule has 0 aromatic heterocycles. The zero-order valence-corrected chi connectivity index (χ0v) is 18.0. The van der Waals surface area contributed by atoms with Crippen LogP contribution in [-0.4, -0.2) is 24.6 Å². The Morgan fingerprint density at radius 2 is 1.83 bits per heavy atom. The van der Waals surface area contributed by atoms with E-state index in [9.17, 15) is 9.59 Å².